The Hall–Kier alpha value is -1.58. The molecule has 1 amide bonds. The predicted molar refractivity (Wildman–Crippen MR) is 72.1 cm³/mol. The van der Waals surface area contributed by atoms with Crippen molar-refractivity contribution in [2.45, 2.75) is 32.6 Å². The van der Waals surface area contributed by atoms with Gasteiger partial charge in [0.1, 0.15) is 0 Å². The van der Waals surface area contributed by atoms with E-state index in [-0.39, 0.29) is 5.91 Å². The summed E-state index contributed by atoms with van der Waals surface area (Å²) < 4.78 is 0. The van der Waals surface area contributed by atoms with E-state index in [1.807, 2.05) is 0 Å². The SMILES string of the molecule is CC1CCC(CNC(=O)c2ccncc2N)CC1. The minimum atomic E-state index is -0.0893. The summed E-state index contributed by atoms with van der Waals surface area (Å²) in [5, 5.41) is 2.98. The Morgan fingerprint density at radius 1 is 1.44 bits per heavy atom. The summed E-state index contributed by atoms with van der Waals surface area (Å²) >= 11 is 0. The molecule has 0 radical (unpaired) electrons. The van der Waals surface area contributed by atoms with Crippen LogP contribution in [0, 0.1) is 11.8 Å². The van der Waals surface area contributed by atoms with Gasteiger partial charge in [-0.15, -0.1) is 0 Å². The van der Waals surface area contributed by atoms with Crippen LogP contribution >= 0.6 is 0 Å². The summed E-state index contributed by atoms with van der Waals surface area (Å²) in [7, 11) is 0. The van der Waals surface area contributed by atoms with E-state index in [4.69, 9.17) is 5.73 Å². The Bertz CT molecular complexity index is 411. The normalized spacial score (nSPS) is 23.6. The van der Waals surface area contributed by atoms with E-state index in [0.29, 0.717) is 17.2 Å². The van der Waals surface area contributed by atoms with Crippen LogP contribution < -0.4 is 11.1 Å². The number of amides is 1. The van der Waals surface area contributed by atoms with Crippen LogP contribution in [0.1, 0.15) is 43.0 Å². The number of carbonyl (C=O) groups is 1. The van der Waals surface area contributed by atoms with Crippen LogP contribution in [0.3, 0.4) is 0 Å². The molecule has 4 heteroatoms. The maximum Gasteiger partial charge on any atom is 0.253 e. The topological polar surface area (TPSA) is 68.0 Å². The number of pyridine rings is 1. The third-order valence-corrected chi connectivity index (χ3v) is 3.78. The Labute approximate surface area is 108 Å². The zero-order chi connectivity index (χ0) is 13.0. The molecular formula is C14H21N3O. The molecule has 1 heterocycles. The highest BCUT2D eigenvalue weighted by Crippen LogP contribution is 2.27. The molecular weight excluding hydrogens is 226 g/mol. The number of hydrogen-bond acceptors (Lipinski definition) is 3. The van der Waals surface area contributed by atoms with Gasteiger partial charge in [0.2, 0.25) is 0 Å². The van der Waals surface area contributed by atoms with Crippen molar-refractivity contribution in [1.29, 1.82) is 0 Å². The van der Waals surface area contributed by atoms with Gasteiger partial charge >= 0.3 is 0 Å². The van der Waals surface area contributed by atoms with Crippen molar-refractivity contribution in [3.8, 4) is 0 Å². The van der Waals surface area contributed by atoms with Crippen molar-refractivity contribution in [3.05, 3.63) is 24.0 Å². The van der Waals surface area contributed by atoms with Gasteiger partial charge in [-0.05, 0) is 30.7 Å². The molecule has 1 aliphatic rings. The van der Waals surface area contributed by atoms with Crippen LogP contribution in [-0.4, -0.2) is 17.4 Å². The molecule has 0 saturated heterocycles. The maximum absolute atomic E-state index is 12.0. The fourth-order valence-corrected chi connectivity index (χ4v) is 2.48. The molecule has 1 aromatic rings. The number of hydrogen-bond donors (Lipinski definition) is 2. The molecule has 0 aliphatic heterocycles. The van der Waals surface area contributed by atoms with Gasteiger partial charge in [-0.25, -0.2) is 0 Å². The van der Waals surface area contributed by atoms with Crippen molar-refractivity contribution in [2.75, 3.05) is 12.3 Å². The van der Waals surface area contributed by atoms with Crippen LogP contribution in [0.25, 0.3) is 0 Å². The van der Waals surface area contributed by atoms with Gasteiger partial charge in [0.15, 0.2) is 0 Å². The second-order valence-corrected chi connectivity index (χ2v) is 5.30. The van der Waals surface area contributed by atoms with Gasteiger partial charge < -0.3 is 11.1 Å². The lowest BCUT2D eigenvalue weighted by Crippen LogP contribution is -2.31. The first-order chi connectivity index (χ1) is 8.66. The zero-order valence-corrected chi connectivity index (χ0v) is 10.9. The summed E-state index contributed by atoms with van der Waals surface area (Å²) in [6, 6.07) is 1.66. The van der Waals surface area contributed by atoms with Crippen molar-refractivity contribution >= 4 is 11.6 Å². The van der Waals surface area contributed by atoms with Gasteiger partial charge in [0.05, 0.1) is 17.4 Å². The lowest BCUT2D eigenvalue weighted by Gasteiger charge is -2.26. The first kappa shape index (κ1) is 12.9. The molecule has 0 aromatic carbocycles. The summed E-state index contributed by atoms with van der Waals surface area (Å²) in [4.78, 5) is 15.8. The van der Waals surface area contributed by atoms with Gasteiger partial charge in [0, 0.05) is 12.7 Å². The second kappa shape index (κ2) is 5.85. The van der Waals surface area contributed by atoms with E-state index in [9.17, 15) is 4.79 Å². The predicted octanol–water partition coefficient (Wildman–Crippen LogP) is 2.22. The summed E-state index contributed by atoms with van der Waals surface area (Å²) in [5.74, 6) is 1.37. The minimum absolute atomic E-state index is 0.0893. The summed E-state index contributed by atoms with van der Waals surface area (Å²) in [6.45, 7) is 3.06. The van der Waals surface area contributed by atoms with Gasteiger partial charge in [0.25, 0.3) is 5.91 Å². The second-order valence-electron chi connectivity index (χ2n) is 5.30. The molecule has 2 rings (SSSR count). The molecule has 1 fully saturated rings. The van der Waals surface area contributed by atoms with Crippen LogP contribution in [0.2, 0.25) is 0 Å². The Kier molecular flexibility index (Phi) is 4.18. The van der Waals surface area contributed by atoms with Crippen LogP contribution in [-0.2, 0) is 0 Å². The standard InChI is InChI=1S/C14H21N3O/c1-10-2-4-11(5-3-10)8-17-14(18)12-6-7-16-9-13(12)15/h6-7,9-11H,2-5,8,15H2,1H3,(H,17,18). The van der Waals surface area contributed by atoms with Crippen molar-refractivity contribution < 1.29 is 4.79 Å². The average molecular weight is 247 g/mol. The van der Waals surface area contributed by atoms with Crippen LogP contribution in [0.4, 0.5) is 5.69 Å². The number of aromatic nitrogens is 1. The molecule has 0 unspecified atom stereocenters. The van der Waals surface area contributed by atoms with E-state index in [1.54, 1.807) is 12.3 Å². The quantitative estimate of drug-likeness (QED) is 0.860. The monoisotopic (exact) mass is 247 g/mol. The molecule has 0 bridgehead atoms. The fraction of sp³-hybridized carbons (Fsp3) is 0.571. The number of rotatable bonds is 3. The Morgan fingerprint density at radius 2 is 2.17 bits per heavy atom. The summed E-state index contributed by atoms with van der Waals surface area (Å²) in [5.41, 5.74) is 6.68. The highest BCUT2D eigenvalue weighted by molar-refractivity contribution is 5.98. The molecule has 1 aliphatic carbocycles. The largest absolute Gasteiger partial charge is 0.397 e. The highest BCUT2D eigenvalue weighted by atomic mass is 16.1. The summed E-state index contributed by atoms with van der Waals surface area (Å²) in [6.07, 6.45) is 8.08. The third-order valence-electron chi connectivity index (χ3n) is 3.78. The van der Waals surface area contributed by atoms with Crippen LogP contribution in [0.15, 0.2) is 18.5 Å². The first-order valence-electron chi connectivity index (χ1n) is 6.64. The van der Waals surface area contributed by atoms with Gasteiger partial charge in [-0.3, -0.25) is 9.78 Å². The molecule has 18 heavy (non-hydrogen) atoms. The molecule has 1 saturated carbocycles. The van der Waals surface area contributed by atoms with Gasteiger partial charge in [-0.1, -0.05) is 19.8 Å². The average Bonchev–Trinajstić information content (AvgIpc) is 2.38. The molecule has 3 N–H and O–H groups in total. The number of nitrogen functional groups attached to an aromatic ring is 1. The number of anilines is 1. The van der Waals surface area contributed by atoms with Crippen molar-refractivity contribution in [3.63, 3.8) is 0 Å². The number of nitrogens with one attached hydrogen (secondary N) is 1. The number of nitrogens with two attached hydrogens (primary N) is 1. The number of carbonyl (C=O) groups excluding carboxylic acids is 1. The van der Waals surface area contributed by atoms with Crippen LogP contribution in [0.5, 0.6) is 0 Å². The highest BCUT2D eigenvalue weighted by Gasteiger charge is 2.19. The van der Waals surface area contributed by atoms with E-state index < -0.39 is 0 Å². The van der Waals surface area contributed by atoms with Crippen molar-refractivity contribution in [1.82, 2.24) is 10.3 Å². The molecule has 98 valence electrons. The molecule has 1 aromatic heterocycles. The van der Waals surface area contributed by atoms with E-state index in [0.717, 1.165) is 12.5 Å². The zero-order valence-electron chi connectivity index (χ0n) is 10.9. The Balaban J connectivity index is 1.84. The lowest BCUT2D eigenvalue weighted by molar-refractivity contribution is 0.0942. The molecule has 4 nitrogen and oxygen atoms in total. The maximum atomic E-state index is 12.0. The Morgan fingerprint density at radius 3 is 2.83 bits per heavy atom. The fourth-order valence-electron chi connectivity index (χ4n) is 2.48. The van der Waals surface area contributed by atoms with Gasteiger partial charge in [-0.2, -0.15) is 0 Å². The van der Waals surface area contributed by atoms with E-state index in [1.165, 1.54) is 31.9 Å². The minimum Gasteiger partial charge on any atom is -0.397 e. The smallest absolute Gasteiger partial charge is 0.253 e. The lowest BCUT2D eigenvalue weighted by atomic mass is 9.83. The van der Waals surface area contributed by atoms with E-state index >= 15 is 0 Å². The first-order valence-corrected chi connectivity index (χ1v) is 6.64. The van der Waals surface area contributed by atoms with E-state index in [2.05, 4.69) is 17.2 Å². The molecule has 0 spiro atoms. The number of nitrogens with zero attached hydrogens (tertiary/aromatic N) is 1. The van der Waals surface area contributed by atoms with Crippen molar-refractivity contribution in [2.24, 2.45) is 11.8 Å². The third kappa shape index (κ3) is 3.22. The molecule has 0 atom stereocenters.